The number of aliphatic hydroxyl groups excluding tert-OH is 1. The van der Waals surface area contributed by atoms with Crippen LogP contribution in [0.2, 0.25) is 0 Å². The van der Waals surface area contributed by atoms with Gasteiger partial charge in [-0.05, 0) is 74.8 Å². The molecule has 0 bridgehead atoms. The lowest BCUT2D eigenvalue weighted by molar-refractivity contribution is -0.572. The van der Waals surface area contributed by atoms with Crippen LogP contribution in [0.3, 0.4) is 0 Å². The zero-order valence-electron chi connectivity index (χ0n) is 25.5. The van der Waals surface area contributed by atoms with Crippen LogP contribution in [0, 0.1) is 0 Å². The van der Waals surface area contributed by atoms with Gasteiger partial charge in [0.15, 0.2) is 11.9 Å². The summed E-state index contributed by atoms with van der Waals surface area (Å²) >= 11 is 2.42. The van der Waals surface area contributed by atoms with Crippen LogP contribution in [-0.2, 0) is 16.6 Å². The number of ether oxygens (including phenoxy) is 1. The third kappa shape index (κ3) is 5.27. The van der Waals surface area contributed by atoms with E-state index < -0.39 is 11.7 Å². The van der Waals surface area contributed by atoms with Crippen LogP contribution in [0.5, 0.6) is 0 Å². The van der Waals surface area contributed by atoms with Crippen molar-refractivity contribution in [1.82, 2.24) is 0 Å². The largest absolute Gasteiger partial charge is 0.393 e. The highest BCUT2D eigenvalue weighted by atomic mass is 127. The molecule has 0 radical (unpaired) electrons. The smallest absolute Gasteiger partial charge is 0.218 e. The quantitative estimate of drug-likeness (QED) is 0.0847. The number of fused-ring (bicyclic) bond motifs is 9. The monoisotopic (exact) mass is 670 g/mol. The maximum atomic E-state index is 10.1. The molecule has 1 N–H and O–H groups in total. The summed E-state index contributed by atoms with van der Waals surface area (Å²) in [5.74, 6) is 0. The van der Waals surface area contributed by atoms with Gasteiger partial charge in [-0.15, -0.1) is 0 Å². The van der Waals surface area contributed by atoms with Crippen molar-refractivity contribution in [3.8, 4) is 11.3 Å². The van der Waals surface area contributed by atoms with Crippen molar-refractivity contribution in [2.75, 3.05) is 6.61 Å². The second-order valence-corrected chi connectivity index (χ2v) is 15.1. The van der Waals surface area contributed by atoms with Gasteiger partial charge in [0.25, 0.3) is 0 Å². The number of allylic oxidation sites excluding steroid dienone is 1. The molecule has 0 aliphatic carbocycles. The number of pyridine rings is 1. The third-order valence-electron chi connectivity index (χ3n) is 9.02. The van der Waals surface area contributed by atoms with E-state index >= 15 is 0 Å². The van der Waals surface area contributed by atoms with Gasteiger partial charge < -0.3 is 9.84 Å². The van der Waals surface area contributed by atoms with Gasteiger partial charge in [-0.2, -0.15) is 4.57 Å². The van der Waals surface area contributed by atoms with E-state index in [4.69, 9.17) is 4.74 Å². The molecule has 1 aliphatic rings. The van der Waals surface area contributed by atoms with Crippen molar-refractivity contribution in [2.24, 2.45) is 0 Å². The van der Waals surface area contributed by atoms with Gasteiger partial charge in [-0.1, -0.05) is 98.8 Å². The molecule has 0 saturated heterocycles. The Morgan fingerprint density at radius 2 is 1.43 bits per heavy atom. The lowest BCUT2D eigenvalue weighted by Gasteiger charge is -2.33. The first kappa shape index (κ1) is 29.3. The van der Waals surface area contributed by atoms with Crippen LogP contribution in [-0.4, -0.2) is 27.3 Å². The van der Waals surface area contributed by atoms with Gasteiger partial charge in [-0.25, -0.2) is 0 Å². The number of alkyl halides is 1. The molecule has 4 heteroatoms. The van der Waals surface area contributed by atoms with E-state index in [0.717, 1.165) is 6.42 Å². The lowest BCUT2D eigenvalue weighted by atomic mass is 9.84. The highest BCUT2D eigenvalue weighted by molar-refractivity contribution is 14.1. The summed E-state index contributed by atoms with van der Waals surface area (Å²) in [7, 11) is 0. The van der Waals surface area contributed by atoms with E-state index in [1.807, 2.05) is 6.92 Å². The number of aliphatic hydroxyl groups is 1. The summed E-state index contributed by atoms with van der Waals surface area (Å²) in [6.45, 7) is 13.4. The summed E-state index contributed by atoms with van der Waals surface area (Å²) < 4.78 is 9.12. The van der Waals surface area contributed by atoms with Crippen molar-refractivity contribution in [1.29, 1.82) is 0 Å². The Bertz CT molecular complexity index is 1850. The predicted molar refractivity (Wildman–Crippen MR) is 185 cm³/mol. The molecule has 3 nitrogen and oxygen atoms in total. The number of rotatable bonds is 6. The minimum absolute atomic E-state index is 0.0408. The average molecular weight is 671 g/mol. The van der Waals surface area contributed by atoms with Gasteiger partial charge in [0.1, 0.15) is 0 Å². The molecule has 1 aliphatic heterocycles. The van der Waals surface area contributed by atoms with E-state index in [2.05, 4.69) is 147 Å². The molecule has 6 rings (SSSR count). The predicted octanol–water partition coefficient (Wildman–Crippen LogP) is 9.16. The molecule has 4 aromatic carbocycles. The minimum Gasteiger partial charge on any atom is -0.393 e. The third-order valence-corrected chi connectivity index (χ3v) is 10.3. The summed E-state index contributed by atoms with van der Waals surface area (Å²) in [4.78, 5) is 0. The van der Waals surface area contributed by atoms with Crippen molar-refractivity contribution in [3.63, 3.8) is 0 Å². The Morgan fingerprint density at radius 1 is 0.857 bits per heavy atom. The van der Waals surface area contributed by atoms with Crippen molar-refractivity contribution in [3.05, 3.63) is 96.2 Å². The molecule has 1 aromatic heterocycles. The first-order valence-electron chi connectivity index (χ1n) is 15.0. The molecule has 2 heterocycles. The standard InChI is InChI=1S/C38H41INO2/c1-24(41)23-38(6,25(2)39)42-18-16-28-19-26-20-34-31-13-9-7-11-29(31)30-12-8-10-14-32(30)35(34)22-33(26)36-21-27(37(3,4)5)15-17-40(28)36/h7-17,20-22,24-25,41H,18-19,23H2,1-6H3/q+1/b28-16-/t24?,25-,38?/m1/s1. The molecule has 216 valence electrons. The van der Waals surface area contributed by atoms with E-state index in [1.54, 1.807) is 0 Å². The van der Waals surface area contributed by atoms with E-state index in [1.165, 1.54) is 60.4 Å². The Morgan fingerprint density at radius 3 is 1.98 bits per heavy atom. The highest BCUT2D eigenvalue weighted by Gasteiger charge is 2.33. The van der Waals surface area contributed by atoms with Crippen LogP contribution < -0.4 is 4.57 Å². The molecule has 0 saturated carbocycles. The molecule has 0 fully saturated rings. The van der Waals surface area contributed by atoms with Crippen LogP contribution in [0.25, 0.3) is 49.3 Å². The van der Waals surface area contributed by atoms with Crippen LogP contribution in [0.4, 0.5) is 0 Å². The fraction of sp³-hybridized carbons (Fsp3) is 0.342. The molecule has 5 aromatic rings. The fourth-order valence-electron chi connectivity index (χ4n) is 6.51. The number of hydrogen-bond donors (Lipinski definition) is 1. The highest BCUT2D eigenvalue weighted by Crippen LogP contribution is 2.41. The summed E-state index contributed by atoms with van der Waals surface area (Å²) in [5, 5.41) is 18.0. The number of halogens is 1. The number of benzene rings is 4. The Labute approximate surface area is 263 Å². The number of hydrogen-bond acceptors (Lipinski definition) is 2. The van der Waals surface area contributed by atoms with Crippen LogP contribution in [0.15, 0.2) is 85.1 Å². The summed E-state index contributed by atoms with van der Waals surface area (Å²) in [5.41, 5.74) is 6.05. The topological polar surface area (TPSA) is 33.3 Å². The molecule has 0 amide bonds. The van der Waals surface area contributed by atoms with Crippen molar-refractivity contribution >= 4 is 60.6 Å². The lowest BCUT2D eigenvalue weighted by Crippen LogP contribution is -2.41. The van der Waals surface area contributed by atoms with Gasteiger partial charge in [0.05, 0.1) is 30.3 Å². The number of aromatic nitrogens is 1. The van der Waals surface area contributed by atoms with Crippen molar-refractivity contribution < 1.29 is 14.4 Å². The summed E-state index contributed by atoms with van der Waals surface area (Å²) in [6.07, 6.45) is 5.50. The first-order chi connectivity index (χ1) is 20.0. The normalized spacial score (nSPS) is 17.3. The van der Waals surface area contributed by atoms with Gasteiger partial charge in [0.2, 0.25) is 5.69 Å². The van der Waals surface area contributed by atoms with Gasteiger partial charge >= 0.3 is 0 Å². The van der Waals surface area contributed by atoms with Crippen LogP contribution >= 0.6 is 22.6 Å². The minimum atomic E-state index is -0.411. The second kappa shape index (κ2) is 11.0. The zero-order chi connectivity index (χ0) is 29.8. The maximum absolute atomic E-state index is 10.1. The SMILES string of the molecule is CC(O)CC(C)(OC/C=C1/Cc2cc3c4ccccc4c4ccccc4c3cc2-c2cc(C(C)(C)C)cc[n+]21)[C@@H](C)I. The Kier molecular flexibility index (Phi) is 7.70. The average Bonchev–Trinajstić information content (AvgIpc) is 2.95. The van der Waals surface area contributed by atoms with Crippen LogP contribution in [0.1, 0.15) is 59.1 Å². The molecule has 42 heavy (non-hydrogen) atoms. The molecule has 0 spiro atoms. The van der Waals surface area contributed by atoms with Gasteiger partial charge in [-0.3, -0.25) is 0 Å². The van der Waals surface area contributed by atoms with E-state index in [9.17, 15) is 5.11 Å². The number of nitrogens with zero attached hydrogens (tertiary/aromatic N) is 1. The molecular formula is C38H41INO2+. The van der Waals surface area contributed by atoms with E-state index in [0.29, 0.717) is 13.0 Å². The molecular weight excluding hydrogens is 629 g/mol. The Balaban J connectivity index is 1.54. The van der Waals surface area contributed by atoms with Gasteiger partial charge in [0, 0.05) is 28.6 Å². The molecule has 2 unspecified atom stereocenters. The van der Waals surface area contributed by atoms with E-state index in [-0.39, 0.29) is 9.34 Å². The molecule has 3 atom stereocenters. The zero-order valence-corrected chi connectivity index (χ0v) is 27.7. The fourth-order valence-corrected chi connectivity index (χ4v) is 6.94. The maximum Gasteiger partial charge on any atom is 0.218 e. The Hall–Kier alpha value is -2.80. The second-order valence-electron chi connectivity index (χ2n) is 13.2. The van der Waals surface area contributed by atoms with Crippen molar-refractivity contribution in [2.45, 2.75) is 75.4 Å². The first-order valence-corrected chi connectivity index (χ1v) is 16.3. The summed E-state index contributed by atoms with van der Waals surface area (Å²) in [6, 6.07) is 27.1.